The maximum absolute atomic E-state index is 12.6. The Labute approximate surface area is 143 Å². The van der Waals surface area contributed by atoms with Crippen LogP contribution in [0.1, 0.15) is 43.4 Å². The number of nitrogens with zero attached hydrogens (tertiary/aromatic N) is 3. The lowest BCUT2D eigenvalue weighted by atomic mass is 10.1. The highest BCUT2D eigenvalue weighted by molar-refractivity contribution is 5.93. The van der Waals surface area contributed by atoms with Gasteiger partial charge in [-0.2, -0.15) is 5.10 Å². The van der Waals surface area contributed by atoms with Crippen LogP contribution in [0.25, 0.3) is 0 Å². The van der Waals surface area contributed by atoms with Crippen molar-refractivity contribution in [3.8, 4) is 0 Å². The van der Waals surface area contributed by atoms with Crippen LogP contribution in [0.2, 0.25) is 0 Å². The van der Waals surface area contributed by atoms with Crippen molar-refractivity contribution < 1.29 is 14.3 Å². The van der Waals surface area contributed by atoms with E-state index in [0.29, 0.717) is 44.3 Å². The number of aryl methyl sites for hydroxylation is 1. The minimum Gasteiger partial charge on any atom is -0.383 e. The first-order chi connectivity index (χ1) is 11.4. The Balaban J connectivity index is 1.99. The van der Waals surface area contributed by atoms with Crippen LogP contribution >= 0.6 is 0 Å². The maximum atomic E-state index is 12.6. The molecule has 1 N–H and O–H groups in total. The second-order valence-electron chi connectivity index (χ2n) is 6.64. The summed E-state index contributed by atoms with van der Waals surface area (Å²) in [6.07, 6.45) is 1.19. The minimum atomic E-state index is -0.161. The second-order valence-corrected chi connectivity index (χ2v) is 6.64. The van der Waals surface area contributed by atoms with E-state index in [1.165, 1.54) is 0 Å². The summed E-state index contributed by atoms with van der Waals surface area (Å²) in [5.41, 5.74) is 1.50. The summed E-state index contributed by atoms with van der Waals surface area (Å²) in [7, 11) is 1.61. The van der Waals surface area contributed by atoms with Crippen molar-refractivity contribution in [1.29, 1.82) is 0 Å². The minimum absolute atomic E-state index is 0.0573. The van der Waals surface area contributed by atoms with E-state index in [1.807, 2.05) is 13.0 Å². The van der Waals surface area contributed by atoms with Crippen LogP contribution < -0.4 is 5.32 Å². The summed E-state index contributed by atoms with van der Waals surface area (Å²) in [6, 6.07) is 1.70. The molecule has 7 nitrogen and oxygen atoms in total. The monoisotopic (exact) mass is 336 g/mol. The summed E-state index contributed by atoms with van der Waals surface area (Å²) >= 11 is 0. The van der Waals surface area contributed by atoms with E-state index in [1.54, 1.807) is 16.7 Å². The molecule has 2 amide bonds. The number of aromatic nitrogens is 2. The van der Waals surface area contributed by atoms with E-state index in [9.17, 15) is 9.59 Å². The Morgan fingerprint density at radius 3 is 2.88 bits per heavy atom. The number of rotatable bonds is 8. The van der Waals surface area contributed by atoms with Crippen molar-refractivity contribution >= 4 is 11.8 Å². The topological polar surface area (TPSA) is 76.5 Å². The molecule has 134 valence electrons. The van der Waals surface area contributed by atoms with E-state index in [2.05, 4.69) is 24.3 Å². The van der Waals surface area contributed by atoms with Crippen LogP contribution in [0.15, 0.2) is 6.07 Å². The van der Waals surface area contributed by atoms with Crippen LogP contribution in [0, 0.1) is 5.92 Å². The molecule has 1 aromatic heterocycles. The van der Waals surface area contributed by atoms with Gasteiger partial charge in [0.1, 0.15) is 5.69 Å². The van der Waals surface area contributed by atoms with Gasteiger partial charge in [-0.15, -0.1) is 0 Å². The predicted octanol–water partition coefficient (Wildman–Crippen LogP) is 1.08. The predicted molar refractivity (Wildman–Crippen MR) is 90.8 cm³/mol. The molecule has 0 saturated carbocycles. The molecular formula is C17H28N4O3. The van der Waals surface area contributed by atoms with Crippen molar-refractivity contribution in [3.05, 3.63) is 17.5 Å². The van der Waals surface area contributed by atoms with Crippen molar-refractivity contribution in [2.75, 3.05) is 26.8 Å². The number of likely N-dealkylation sites (tertiary alicyclic amines) is 1. The standard InChI is InChI=1S/C17H28N4O3/c1-5-21-15(9-13(19-21)8-12(2)3)17(23)18-14-10-16(22)20(11-14)6-7-24-4/h9,12,14H,5-8,10-11H2,1-4H3,(H,18,23)/t14-/m1/s1. The van der Waals surface area contributed by atoms with Crippen LogP contribution in [0.3, 0.4) is 0 Å². The first kappa shape index (κ1) is 18.4. The normalized spacial score (nSPS) is 17.8. The molecule has 1 fully saturated rings. The summed E-state index contributed by atoms with van der Waals surface area (Å²) in [5.74, 6) is 0.385. The Kier molecular flexibility index (Phi) is 6.36. The zero-order valence-electron chi connectivity index (χ0n) is 15.0. The number of nitrogens with one attached hydrogen (secondary N) is 1. The Morgan fingerprint density at radius 2 is 2.25 bits per heavy atom. The van der Waals surface area contributed by atoms with E-state index in [-0.39, 0.29) is 17.9 Å². The number of hydrogen-bond donors (Lipinski definition) is 1. The molecule has 1 atom stereocenters. The number of ether oxygens (including phenoxy) is 1. The van der Waals surface area contributed by atoms with Gasteiger partial charge in [-0.1, -0.05) is 13.8 Å². The summed E-state index contributed by atoms with van der Waals surface area (Å²) in [4.78, 5) is 26.3. The zero-order valence-corrected chi connectivity index (χ0v) is 15.0. The SMILES string of the molecule is CCn1nc(CC(C)C)cc1C(=O)N[C@@H]1CC(=O)N(CCOC)C1. The average molecular weight is 336 g/mol. The van der Waals surface area contributed by atoms with Crippen molar-refractivity contribution in [1.82, 2.24) is 20.0 Å². The van der Waals surface area contributed by atoms with E-state index < -0.39 is 0 Å². The summed E-state index contributed by atoms with van der Waals surface area (Å²) in [6.45, 7) is 8.47. The molecule has 0 aromatic carbocycles. The largest absolute Gasteiger partial charge is 0.383 e. The highest BCUT2D eigenvalue weighted by Crippen LogP contribution is 2.14. The Morgan fingerprint density at radius 1 is 1.50 bits per heavy atom. The molecule has 0 unspecified atom stereocenters. The van der Waals surface area contributed by atoms with E-state index in [4.69, 9.17) is 4.74 Å². The van der Waals surface area contributed by atoms with E-state index in [0.717, 1.165) is 12.1 Å². The lowest BCUT2D eigenvalue weighted by molar-refractivity contribution is -0.128. The van der Waals surface area contributed by atoms with Crippen LogP contribution in [-0.4, -0.2) is 59.3 Å². The van der Waals surface area contributed by atoms with Gasteiger partial charge in [0.05, 0.1) is 18.3 Å². The molecule has 7 heteroatoms. The fourth-order valence-corrected chi connectivity index (χ4v) is 2.96. The quantitative estimate of drug-likeness (QED) is 0.771. The number of carbonyl (C=O) groups excluding carboxylic acids is 2. The lowest BCUT2D eigenvalue weighted by Crippen LogP contribution is -2.38. The maximum Gasteiger partial charge on any atom is 0.269 e. The van der Waals surface area contributed by atoms with Crippen molar-refractivity contribution in [2.45, 2.75) is 46.2 Å². The lowest BCUT2D eigenvalue weighted by Gasteiger charge is -2.16. The molecule has 1 aliphatic rings. The van der Waals surface area contributed by atoms with E-state index >= 15 is 0 Å². The zero-order chi connectivity index (χ0) is 17.7. The molecule has 0 bridgehead atoms. The molecule has 0 radical (unpaired) electrons. The van der Waals surface area contributed by atoms with Gasteiger partial charge in [-0.25, -0.2) is 0 Å². The Hall–Kier alpha value is -1.89. The molecule has 1 aliphatic heterocycles. The third kappa shape index (κ3) is 4.56. The third-order valence-corrected chi connectivity index (χ3v) is 4.10. The smallest absolute Gasteiger partial charge is 0.269 e. The second kappa shape index (κ2) is 8.28. The Bertz CT molecular complexity index is 582. The van der Waals surface area contributed by atoms with Crippen LogP contribution in [0.5, 0.6) is 0 Å². The highest BCUT2D eigenvalue weighted by atomic mass is 16.5. The molecule has 0 aliphatic carbocycles. The van der Waals surface area contributed by atoms with Gasteiger partial charge < -0.3 is 15.0 Å². The van der Waals surface area contributed by atoms with Gasteiger partial charge >= 0.3 is 0 Å². The van der Waals surface area contributed by atoms with Gasteiger partial charge in [0, 0.05) is 33.2 Å². The number of carbonyl (C=O) groups is 2. The van der Waals surface area contributed by atoms with Gasteiger partial charge in [0.25, 0.3) is 5.91 Å². The average Bonchev–Trinajstić information content (AvgIpc) is 3.07. The van der Waals surface area contributed by atoms with Crippen molar-refractivity contribution in [3.63, 3.8) is 0 Å². The molecule has 1 saturated heterocycles. The molecule has 0 spiro atoms. The van der Waals surface area contributed by atoms with Crippen LogP contribution in [0.4, 0.5) is 0 Å². The molecule has 2 heterocycles. The number of hydrogen-bond acceptors (Lipinski definition) is 4. The molecule has 2 rings (SSSR count). The highest BCUT2D eigenvalue weighted by Gasteiger charge is 2.31. The summed E-state index contributed by atoms with van der Waals surface area (Å²) in [5, 5.41) is 7.47. The fraction of sp³-hybridized carbons (Fsp3) is 0.706. The van der Waals surface area contributed by atoms with Gasteiger partial charge in [0.15, 0.2) is 0 Å². The first-order valence-electron chi connectivity index (χ1n) is 8.58. The number of amides is 2. The molecular weight excluding hydrogens is 308 g/mol. The number of methoxy groups -OCH3 is 1. The first-order valence-corrected chi connectivity index (χ1v) is 8.58. The fourth-order valence-electron chi connectivity index (χ4n) is 2.96. The third-order valence-electron chi connectivity index (χ3n) is 4.10. The molecule has 24 heavy (non-hydrogen) atoms. The van der Waals surface area contributed by atoms with Gasteiger partial charge in [0.2, 0.25) is 5.91 Å². The van der Waals surface area contributed by atoms with Crippen molar-refractivity contribution in [2.24, 2.45) is 5.92 Å². The molecule has 1 aromatic rings. The van der Waals surface area contributed by atoms with Gasteiger partial charge in [-0.3, -0.25) is 14.3 Å². The summed E-state index contributed by atoms with van der Waals surface area (Å²) < 4.78 is 6.74. The van der Waals surface area contributed by atoms with Crippen LogP contribution in [-0.2, 0) is 22.5 Å². The van der Waals surface area contributed by atoms with Gasteiger partial charge in [-0.05, 0) is 25.3 Å².